The van der Waals surface area contributed by atoms with Crippen molar-refractivity contribution in [2.24, 2.45) is 0 Å². The molecular weight excluding hydrogens is 1050 g/mol. The molecule has 4 aliphatic heterocycles. The lowest BCUT2D eigenvalue weighted by Crippen LogP contribution is -2.73. The molecule has 14 rings (SSSR count). The van der Waals surface area contributed by atoms with Crippen molar-refractivity contribution in [3.63, 3.8) is 0 Å². The fourth-order valence-electron chi connectivity index (χ4n) is 13.9. The summed E-state index contributed by atoms with van der Waals surface area (Å²) < 4.78 is 54.5. The van der Waals surface area contributed by atoms with Gasteiger partial charge in [-0.1, -0.05) is 159 Å². The van der Waals surface area contributed by atoms with Gasteiger partial charge in [-0.25, -0.2) is 0 Å². The van der Waals surface area contributed by atoms with E-state index in [0.29, 0.717) is 32.9 Å². The first-order valence-electron chi connectivity index (χ1n) is 27.0. The average molecular weight is 1070 g/mol. The Morgan fingerprint density at radius 3 is 1.24 bits per heavy atom. The van der Waals surface area contributed by atoms with E-state index in [1.807, 2.05) is 109 Å². The van der Waals surface area contributed by atoms with Gasteiger partial charge in [0.2, 0.25) is 13.4 Å². The Kier molecular flexibility index (Phi) is 13.4. The zero-order chi connectivity index (χ0) is 60.8. The summed E-state index contributed by atoms with van der Waals surface area (Å²) in [5.74, 6) is -1.88. The molecule has 10 aromatic carbocycles. The maximum absolute atomic E-state index is 18.2. The second-order valence-electron chi connectivity index (χ2n) is 22.1. The van der Waals surface area contributed by atoms with Crippen molar-refractivity contribution in [1.29, 1.82) is 0 Å². The zero-order valence-corrected chi connectivity index (χ0v) is 46.4. The number of anilines is 3. The standard InChI is InChI=1S/C62H21B19F3NS/c63-40-33(36-42(65)48(71)53(76)49(72)43(36)66)31(34(41(64)47(40)70)37-44(67)50(73)54(77)51(74)45(37)68)32-35-39(62(82,83)84)61-59-60-58(35)81(57-38(32)46(69)52(75)55(78)56(57)79)27-20-24(22-11-5-2-6-12-22)16-18-29(27)85(60)28-17-15-23(21-9-3-1-4-10-21)19-26(28)80(59)25-13-7-8-14-30(25)86-61/h1-20,32H. The van der Waals surface area contributed by atoms with Gasteiger partial charge in [0.1, 0.15) is 133 Å². The van der Waals surface area contributed by atoms with E-state index in [1.54, 1.807) is 6.07 Å². The predicted octanol–water partition coefficient (Wildman–Crippen LogP) is -8.04. The van der Waals surface area contributed by atoms with E-state index in [9.17, 15) is 0 Å². The van der Waals surface area contributed by atoms with Crippen molar-refractivity contribution in [1.82, 2.24) is 0 Å². The van der Waals surface area contributed by atoms with Crippen LogP contribution >= 0.6 is 11.8 Å². The minimum atomic E-state index is -5.23. The summed E-state index contributed by atoms with van der Waals surface area (Å²) in [7, 11) is 119. The van der Waals surface area contributed by atoms with Crippen LogP contribution in [0.15, 0.2) is 131 Å². The van der Waals surface area contributed by atoms with Crippen LogP contribution in [0.25, 0.3) is 44.5 Å². The summed E-state index contributed by atoms with van der Waals surface area (Å²) in [4.78, 5) is 2.52. The third-order valence-electron chi connectivity index (χ3n) is 17.9. The van der Waals surface area contributed by atoms with Crippen LogP contribution in [0.4, 0.5) is 30.2 Å². The highest BCUT2D eigenvalue weighted by Crippen LogP contribution is 2.54. The molecule has 0 bridgehead atoms. The summed E-state index contributed by atoms with van der Waals surface area (Å²) in [5, 5.41) is 0. The number of alkyl halides is 3. The highest BCUT2D eigenvalue weighted by Gasteiger charge is 2.56. The maximum atomic E-state index is 18.2. The van der Waals surface area contributed by atoms with Gasteiger partial charge in [0, 0.05) is 32.8 Å². The predicted molar refractivity (Wildman–Crippen MR) is 373 cm³/mol. The molecule has 10 aromatic rings. The molecule has 1 nitrogen and oxygen atoms in total. The van der Waals surface area contributed by atoms with Gasteiger partial charge in [-0.15, -0.1) is 60.1 Å². The molecule has 0 aliphatic carbocycles. The highest BCUT2D eigenvalue weighted by atomic mass is 32.2. The smallest absolute Gasteiger partial charge is 0.312 e. The SMILES string of the molecule is [B]c1c([B])c([B])c(-c2c([B])c([B])c([B])c(-c3c([B])c([B])c([B])c([B])c3[B])c2C2c3c([B])c([B])c([B])c([B])c3B3c4cc(-c5ccccc5)ccc4N4c5ccc(-c6ccccc6)cc5B5c6ccccc6Sc6c5c4c3c2c6C(F)(F)F)c([B])c1[B]. The Hall–Kier alpha value is -6.63. The van der Waals surface area contributed by atoms with Crippen LogP contribution in [0.1, 0.15) is 28.2 Å². The quantitative estimate of drug-likeness (QED) is 0.158. The van der Waals surface area contributed by atoms with E-state index < -0.39 is 31.1 Å². The van der Waals surface area contributed by atoms with Crippen molar-refractivity contribution in [3.05, 3.63) is 144 Å². The van der Waals surface area contributed by atoms with Crippen LogP contribution in [-0.2, 0) is 6.18 Å². The lowest BCUT2D eigenvalue weighted by molar-refractivity contribution is -0.140. The van der Waals surface area contributed by atoms with Gasteiger partial charge in [0.25, 0.3) is 0 Å². The largest absolute Gasteiger partial charge is 0.417 e. The number of benzene rings is 10. The van der Waals surface area contributed by atoms with E-state index in [1.165, 1.54) is 0 Å². The van der Waals surface area contributed by atoms with Crippen LogP contribution < -0.4 is 131 Å². The van der Waals surface area contributed by atoms with Crippen molar-refractivity contribution in [2.45, 2.75) is 21.9 Å². The Labute approximate surface area is 525 Å². The lowest BCUT2D eigenvalue weighted by Gasteiger charge is -2.51. The summed E-state index contributed by atoms with van der Waals surface area (Å²) in [5.41, 5.74) is 1.14. The van der Waals surface area contributed by atoms with Crippen LogP contribution in [0.2, 0.25) is 0 Å². The molecule has 4 heterocycles. The molecule has 0 N–H and O–H groups in total. The normalized spacial score (nSPS) is 14.1. The molecule has 1 atom stereocenters. The molecule has 358 valence electrons. The third kappa shape index (κ3) is 7.81. The van der Waals surface area contributed by atoms with Crippen LogP contribution in [-0.4, -0.2) is 147 Å². The van der Waals surface area contributed by atoms with Crippen molar-refractivity contribution in [3.8, 4) is 44.5 Å². The number of halogens is 3. The molecule has 0 spiro atoms. The maximum Gasteiger partial charge on any atom is 0.417 e. The zero-order valence-electron chi connectivity index (χ0n) is 45.6. The first-order chi connectivity index (χ1) is 41.0. The molecule has 34 radical (unpaired) electrons. The van der Waals surface area contributed by atoms with Gasteiger partial charge in [0.15, 0.2) is 0 Å². The highest BCUT2D eigenvalue weighted by molar-refractivity contribution is 8.00. The van der Waals surface area contributed by atoms with Crippen LogP contribution in [0, 0.1) is 0 Å². The number of hydrogen-bond acceptors (Lipinski definition) is 2. The molecular formula is C62H21B19F3NS. The van der Waals surface area contributed by atoms with Crippen LogP contribution in [0.5, 0.6) is 0 Å². The van der Waals surface area contributed by atoms with Crippen LogP contribution in [0.3, 0.4) is 0 Å². The van der Waals surface area contributed by atoms with Gasteiger partial charge >= 0.3 is 6.18 Å². The summed E-state index contributed by atoms with van der Waals surface area (Å²) >= 11 is 0.991. The van der Waals surface area contributed by atoms with Gasteiger partial charge in [-0.2, -0.15) is 13.2 Å². The fourth-order valence-corrected chi connectivity index (χ4v) is 15.2. The molecule has 0 aromatic heterocycles. The van der Waals surface area contributed by atoms with E-state index in [2.05, 4.69) is 11.0 Å². The molecule has 0 fully saturated rings. The number of hydrogen-bond donors (Lipinski definition) is 0. The molecule has 4 aliphatic rings. The summed E-state index contributed by atoms with van der Waals surface area (Å²) in [6.07, 6.45) is -5.23. The summed E-state index contributed by atoms with van der Waals surface area (Å²) in [6, 6.07) is 38.9. The minimum absolute atomic E-state index is 0.0385. The molecule has 0 saturated heterocycles. The molecule has 1 unspecified atom stereocenters. The topological polar surface area (TPSA) is 3.24 Å². The first kappa shape index (κ1) is 57.1. The van der Waals surface area contributed by atoms with Gasteiger partial charge in [0.05, 0.1) is 5.56 Å². The van der Waals surface area contributed by atoms with Gasteiger partial charge < -0.3 is 4.90 Å². The third-order valence-corrected chi connectivity index (χ3v) is 19.1. The van der Waals surface area contributed by atoms with E-state index in [0.717, 1.165) is 44.9 Å². The number of fused-ring (bicyclic) bond motifs is 10. The number of rotatable bonds is 5. The molecule has 0 saturated carbocycles. The van der Waals surface area contributed by atoms with Gasteiger partial charge in [-0.3, -0.25) is 0 Å². The Morgan fingerprint density at radius 1 is 0.349 bits per heavy atom. The minimum Gasteiger partial charge on any atom is -0.312 e. The second kappa shape index (κ2) is 20.2. The first-order valence-corrected chi connectivity index (χ1v) is 27.8. The molecule has 0 amide bonds. The fraction of sp³-hybridized carbons (Fsp3) is 0.0323. The Morgan fingerprint density at radius 2 is 0.756 bits per heavy atom. The number of nitrogens with zero attached hydrogens (tertiary/aromatic N) is 1. The lowest BCUT2D eigenvalue weighted by atomic mass is 9.26. The molecule has 86 heavy (non-hydrogen) atoms. The Balaban J connectivity index is 1.27. The van der Waals surface area contributed by atoms with Gasteiger partial charge in [-0.05, 0) is 101 Å². The average Bonchev–Trinajstić information content (AvgIpc) is 0.673. The van der Waals surface area contributed by atoms with Crippen molar-refractivity contribution >= 4 is 301 Å². The Bertz CT molecular complexity index is 4580. The van der Waals surface area contributed by atoms with Crippen molar-refractivity contribution < 1.29 is 13.2 Å². The van der Waals surface area contributed by atoms with E-state index in [-0.39, 0.29) is 148 Å². The van der Waals surface area contributed by atoms with E-state index in [4.69, 9.17) is 133 Å². The summed E-state index contributed by atoms with van der Waals surface area (Å²) in [6.45, 7) is -1.99. The molecule has 24 heteroatoms. The van der Waals surface area contributed by atoms with Crippen molar-refractivity contribution in [2.75, 3.05) is 4.90 Å². The second-order valence-corrected chi connectivity index (χ2v) is 23.2. The monoisotopic (exact) mass is 1080 g/mol. The van der Waals surface area contributed by atoms with E-state index >= 15 is 13.2 Å².